The number of aromatic nitrogens is 1. The molecule has 0 saturated carbocycles. The molecule has 2 aliphatic rings. The molecule has 0 aliphatic carbocycles. The van der Waals surface area contributed by atoms with E-state index in [9.17, 15) is 14.4 Å². The normalized spacial score (nSPS) is 18.9. The van der Waals surface area contributed by atoms with E-state index < -0.39 is 6.04 Å². The minimum atomic E-state index is -0.421. The molecule has 0 bridgehead atoms. The number of hydrogen-bond donors (Lipinski definition) is 3. The van der Waals surface area contributed by atoms with E-state index in [-0.39, 0.29) is 23.8 Å². The van der Waals surface area contributed by atoms with Crippen LogP contribution in [0, 0.1) is 0 Å². The second-order valence-electron chi connectivity index (χ2n) is 8.85. The number of carbonyl (C=O) groups excluding carboxylic acids is 3. The molecule has 36 heavy (non-hydrogen) atoms. The van der Waals surface area contributed by atoms with E-state index in [1.807, 2.05) is 48.6 Å². The van der Waals surface area contributed by atoms with Crippen molar-refractivity contribution in [1.29, 1.82) is 0 Å². The summed E-state index contributed by atoms with van der Waals surface area (Å²) in [6.07, 6.45) is 6.93. The van der Waals surface area contributed by atoms with Crippen molar-refractivity contribution < 1.29 is 18.8 Å². The molecule has 2 atom stereocenters. The summed E-state index contributed by atoms with van der Waals surface area (Å²) < 4.78 is 5.95. The van der Waals surface area contributed by atoms with Gasteiger partial charge in [0.15, 0.2) is 5.76 Å². The maximum absolute atomic E-state index is 12.6. The molecule has 9 heteroatoms. The van der Waals surface area contributed by atoms with E-state index in [4.69, 9.17) is 4.42 Å². The third-order valence-corrected chi connectivity index (χ3v) is 6.37. The third-order valence-electron chi connectivity index (χ3n) is 6.37. The molecule has 2 aliphatic heterocycles. The number of amides is 3. The van der Waals surface area contributed by atoms with Crippen molar-refractivity contribution in [3.63, 3.8) is 0 Å². The summed E-state index contributed by atoms with van der Waals surface area (Å²) in [4.78, 5) is 42.6. The highest BCUT2D eigenvalue weighted by Gasteiger charge is 2.32. The smallest absolute Gasteiger partial charge is 0.247 e. The lowest BCUT2D eigenvalue weighted by molar-refractivity contribution is -0.134. The van der Waals surface area contributed by atoms with Gasteiger partial charge in [0, 0.05) is 42.5 Å². The maximum Gasteiger partial charge on any atom is 0.247 e. The van der Waals surface area contributed by atoms with Gasteiger partial charge in [0.1, 0.15) is 12.1 Å². The molecular weight excluding hydrogens is 458 g/mol. The Balaban J connectivity index is 1.21. The molecular formula is C27H27N5O4. The fourth-order valence-electron chi connectivity index (χ4n) is 4.46. The van der Waals surface area contributed by atoms with E-state index >= 15 is 0 Å². The quantitative estimate of drug-likeness (QED) is 0.461. The monoisotopic (exact) mass is 485 g/mol. The number of rotatable bonds is 6. The van der Waals surface area contributed by atoms with Crippen LogP contribution in [-0.4, -0.2) is 52.8 Å². The molecule has 1 fully saturated rings. The Labute approximate surface area is 208 Å². The second kappa shape index (κ2) is 10.2. The van der Waals surface area contributed by atoms with Crippen LogP contribution in [0.3, 0.4) is 0 Å². The SMILES string of the molecule is CC(=O)N1CCC[C@H]1C(=O)Nc1ccc(-c2cnc(-c3ccc(NC(=O)[C@@H]4C=CCN4)cc3)o2)cc1. The van der Waals surface area contributed by atoms with Crippen LogP contribution in [0.25, 0.3) is 22.8 Å². The summed E-state index contributed by atoms with van der Waals surface area (Å²) in [5, 5.41) is 8.86. The van der Waals surface area contributed by atoms with Crippen LogP contribution >= 0.6 is 0 Å². The van der Waals surface area contributed by atoms with Crippen LogP contribution in [0.1, 0.15) is 19.8 Å². The fraction of sp³-hybridized carbons (Fsp3) is 0.259. The summed E-state index contributed by atoms with van der Waals surface area (Å²) >= 11 is 0. The number of oxazole rings is 1. The van der Waals surface area contributed by atoms with Gasteiger partial charge < -0.3 is 20.0 Å². The summed E-state index contributed by atoms with van der Waals surface area (Å²) in [5.41, 5.74) is 2.95. The molecule has 3 N–H and O–H groups in total. The van der Waals surface area contributed by atoms with Crippen LogP contribution in [-0.2, 0) is 14.4 Å². The first-order valence-electron chi connectivity index (χ1n) is 11.9. The van der Waals surface area contributed by atoms with Gasteiger partial charge in [0.25, 0.3) is 0 Å². The van der Waals surface area contributed by atoms with E-state index in [0.29, 0.717) is 42.5 Å². The number of carbonyl (C=O) groups is 3. The van der Waals surface area contributed by atoms with Crippen LogP contribution in [0.15, 0.2) is 71.3 Å². The lowest BCUT2D eigenvalue weighted by atomic mass is 10.1. The van der Waals surface area contributed by atoms with Crippen LogP contribution < -0.4 is 16.0 Å². The van der Waals surface area contributed by atoms with Crippen LogP contribution in [0.4, 0.5) is 11.4 Å². The Morgan fingerprint density at radius 2 is 1.64 bits per heavy atom. The predicted molar refractivity (Wildman–Crippen MR) is 136 cm³/mol. The highest BCUT2D eigenvalue weighted by Crippen LogP contribution is 2.28. The Bertz CT molecular complexity index is 1300. The lowest BCUT2D eigenvalue weighted by Gasteiger charge is -2.22. The topological polar surface area (TPSA) is 117 Å². The highest BCUT2D eigenvalue weighted by atomic mass is 16.4. The number of anilines is 2. The number of hydrogen-bond acceptors (Lipinski definition) is 6. The summed E-state index contributed by atoms with van der Waals surface area (Å²) in [6.45, 7) is 2.80. The average Bonchev–Trinajstić information content (AvgIpc) is 3.67. The van der Waals surface area contributed by atoms with Gasteiger partial charge in [-0.3, -0.25) is 19.7 Å². The molecule has 0 radical (unpaired) electrons. The van der Waals surface area contributed by atoms with E-state index in [1.54, 1.807) is 23.2 Å². The summed E-state index contributed by atoms with van der Waals surface area (Å²) in [7, 11) is 0. The Morgan fingerprint density at radius 3 is 2.28 bits per heavy atom. The van der Waals surface area contributed by atoms with Crippen molar-refractivity contribution in [2.24, 2.45) is 0 Å². The zero-order valence-electron chi connectivity index (χ0n) is 19.9. The van der Waals surface area contributed by atoms with Crippen molar-refractivity contribution in [1.82, 2.24) is 15.2 Å². The Morgan fingerprint density at radius 1 is 0.972 bits per heavy atom. The number of nitrogens with zero attached hydrogens (tertiary/aromatic N) is 2. The van der Waals surface area contributed by atoms with Crippen molar-refractivity contribution >= 4 is 29.1 Å². The predicted octanol–water partition coefficient (Wildman–Crippen LogP) is 3.42. The molecule has 184 valence electrons. The van der Waals surface area contributed by atoms with Crippen LogP contribution in [0.5, 0.6) is 0 Å². The van der Waals surface area contributed by atoms with Gasteiger partial charge in [-0.05, 0) is 61.4 Å². The number of likely N-dealkylation sites (tertiary alicyclic amines) is 1. The van der Waals surface area contributed by atoms with Crippen LogP contribution in [0.2, 0.25) is 0 Å². The van der Waals surface area contributed by atoms with Crippen molar-refractivity contribution in [3.8, 4) is 22.8 Å². The first-order valence-corrected chi connectivity index (χ1v) is 11.9. The Hall–Kier alpha value is -4.24. The molecule has 1 aromatic heterocycles. The van der Waals surface area contributed by atoms with Gasteiger partial charge in [-0.25, -0.2) is 4.98 Å². The van der Waals surface area contributed by atoms with Crippen molar-refractivity contribution in [3.05, 3.63) is 66.9 Å². The number of nitrogens with one attached hydrogen (secondary N) is 3. The molecule has 2 aromatic carbocycles. The molecule has 3 heterocycles. The average molecular weight is 486 g/mol. The van der Waals surface area contributed by atoms with Gasteiger partial charge in [-0.2, -0.15) is 0 Å². The van der Waals surface area contributed by atoms with E-state index in [1.165, 1.54) is 6.92 Å². The molecule has 0 unspecified atom stereocenters. The molecule has 9 nitrogen and oxygen atoms in total. The second-order valence-corrected chi connectivity index (χ2v) is 8.85. The Kier molecular flexibility index (Phi) is 6.64. The van der Waals surface area contributed by atoms with Gasteiger partial charge in [-0.15, -0.1) is 0 Å². The minimum Gasteiger partial charge on any atom is -0.436 e. The lowest BCUT2D eigenvalue weighted by Crippen LogP contribution is -2.42. The van der Waals surface area contributed by atoms with Gasteiger partial charge in [0.2, 0.25) is 23.6 Å². The van der Waals surface area contributed by atoms with Crippen molar-refractivity contribution in [2.75, 3.05) is 23.7 Å². The molecule has 5 rings (SSSR count). The van der Waals surface area contributed by atoms with Gasteiger partial charge >= 0.3 is 0 Å². The molecule has 1 saturated heterocycles. The fourth-order valence-corrected chi connectivity index (χ4v) is 4.46. The standard InChI is InChI=1S/C27H27N5O4/c1-17(33)32-15-3-5-23(32)26(35)31-21-10-6-18(7-11-21)24-16-29-27(36-24)19-8-12-20(13-9-19)30-25(34)22-4-2-14-28-22/h2,4,6-13,16,22-23,28H,3,5,14-15H2,1H3,(H,30,34)(H,31,35)/t22-,23-/m0/s1. The van der Waals surface area contributed by atoms with Gasteiger partial charge in [0.05, 0.1) is 6.20 Å². The highest BCUT2D eigenvalue weighted by molar-refractivity contribution is 5.97. The zero-order chi connectivity index (χ0) is 25.1. The molecule has 3 aromatic rings. The zero-order valence-corrected chi connectivity index (χ0v) is 19.9. The molecule has 0 spiro atoms. The minimum absolute atomic E-state index is 0.0812. The van der Waals surface area contributed by atoms with E-state index in [0.717, 1.165) is 17.5 Å². The first-order chi connectivity index (χ1) is 17.5. The summed E-state index contributed by atoms with van der Waals surface area (Å²) in [5.74, 6) is 0.702. The third kappa shape index (κ3) is 5.06. The summed E-state index contributed by atoms with van der Waals surface area (Å²) in [6, 6.07) is 13.9. The molecule has 3 amide bonds. The van der Waals surface area contributed by atoms with Gasteiger partial charge in [-0.1, -0.05) is 12.2 Å². The largest absolute Gasteiger partial charge is 0.436 e. The van der Waals surface area contributed by atoms with E-state index in [2.05, 4.69) is 20.9 Å². The maximum atomic E-state index is 12.6. The first kappa shape index (κ1) is 23.5. The van der Waals surface area contributed by atoms with Crippen molar-refractivity contribution in [2.45, 2.75) is 31.8 Å². The number of benzene rings is 2.